The number of carbonyl (C=O) groups is 1. The van der Waals surface area contributed by atoms with Crippen LogP contribution in [-0.4, -0.2) is 59.3 Å². The first-order valence-corrected chi connectivity index (χ1v) is 11.7. The lowest BCUT2D eigenvalue weighted by atomic mass is 10.1. The Hall–Kier alpha value is -2.06. The molecule has 0 spiro atoms. The van der Waals surface area contributed by atoms with Crippen molar-refractivity contribution in [1.29, 1.82) is 0 Å². The largest absolute Gasteiger partial charge is 0.491 e. The molecule has 0 unspecified atom stereocenters. The number of aliphatic carboxylic acids is 1. The second-order valence-corrected chi connectivity index (χ2v) is 9.84. The number of carboxylic acid groups (broad SMARTS) is 1. The molecule has 5 rings (SSSR count). The summed E-state index contributed by atoms with van der Waals surface area (Å²) in [7, 11) is 0. The van der Waals surface area contributed by atoms with Crippen LogP contribution in [-0.2, 0) is 11.2 Å². The number of aromatic nitrogens is 1. The van der Waals surface area contributed by atoms with Crippen molar-refractivity contribution < 1.29 is 14.6 Å². The highest BCUT2D eigenvalue weighted by molar-refractivity contribution is 7.22. The van der Waals surface area contributed by atoms with Crippen LogP contribution in [0, 0.1) is 0 Å². The molecule has 2 atom stereocenters. The smallest absolute Gasteiger partial charge is 0.307 e. The Labute approximate surface area is 193 Å². The Bertz CT molecular complexity index is 1140. The summed E-state index contributed by atoms with van der Waals surface area (Å²) in [5.41, 5.74) is 1.68. The average molecular weight is 478 g/mol. The first kappa shape index (κ1) is 20.8. The summed E-state index contributed by atoms with van der Waals surface area (Å²) in [5.74, 6) is -0.332. The summed E-state index contributed by atoms with van der Waals surface area (Å²) < 4.78 is 7.01. The van der Waals surface area contributed by atoms with Gasteiger partial charge in [0.05, 0.1) is 21.7 Å². The molecule has 1 aromatic heterocycles. The number of nitrogens with zero attached hydrogens (tertiary/aromatic N) is 3. The lowest BCUT2D eigenvalue weighted by Crippen LogP contribution is -2.47. The molecule has 162 valence electrons. The van der Waals surface area contributed by atoms with Crippen molar-refractivity contribution in [2.45, 2.75) is 24.9 Å². The van der Waals surface area contributed by atoms with E-state index < -0.39 is 5.97 Å². The number of piperazine rings is 1. The van der Waals surface area contributed by atoms with Gasteiger partial charge in [0.25, 0.3) is 0 Å². The highest BCUT2D eigenvalue weighted by Gasteiger charge is 2.44. The van der Waals surface area contributed by atoms with Gasteiger partial charge in [-0.05, 0) is 42.3 Å². The normalized spacial score (nSPS) is 20.6. The number of hydrogen-bond donors (Lipinski definition) is 1. The number of halogens is 2. The van der Waals surface area contributed by atoms with Gasteiger partial charge in [-0.2, -0.15) is 0 Å². The Morgan fingerprint density at radius 3 is 2.84 bits per heavy atom. The van der Waals surface area contributed by atoms with E-state index in [1.807, 2.05) is 18.2 Å². The first-order chi connectivity index (χ1) is 15.0. The highest BCUT2D eigenvalue weighted by Crippen LogP contribution is 2.38. The molecule has 2 saturated heterocycles. The van der Waals surface area contributed by atoms with Crippen LogP contribution >= 0.6 is 34.5 Å². The third kappa shape index (κ3) is 4.32. The number of rotatable bonds is 7. The third-order valence-electron chi connectivity index (χ3n) is 5.93. The van der Waals surface area contributed by atoms with Gasteiger partial charge in [0, 0.05) is 36.7 Å². The number of thiazole rings is 1. The monoisotopic (exact) mass is 477 g/mol. The van der Waals surface area contributed by atoms with Crippen LogP contribution in [0.2, 0.25) is 10.0 Å². The molecule has 3 aromatic rings. The summed E-state index contributed by atoms with van der Waals surface area (Å²) in [6, 6.07) is 11.9. The lowest BCUT2D eigenvalue weighted by molar-refractivity contribution is -0.136. The molecule has 2 aliphatic heterocycles. The number of fused-ring (bicyclic) bond motifs is 3. The quantitative estimate of drug-likeness (QED) is 0.537. The maximum Gasteiger partial charge on any atom is 0.307 e. The number of hydrogen-bond acceptors (Lipinski definition) is 6. The van der Waals surface area contributed by atoms with E-state index in [4.69, 9.17) is 38.0 Å². The molecule has 0 saturated carbocycles. The van der Waals surface area contributed by atoms with E-state index in [0.717, 1.165) is 46.4 Å². The summed E-state index contributed by atoms with van der Waals surface area (Å²) in [4.78, 5) is 20.6. The van der Waals surface area contributed by atoms with E-state index in [0.29, 0.717) is 35.0 Å². The Morgan fingerprint density at radius 2 is 2.06 bits per heavy atom. The Balaban J connectivity index is 1.17. The highest BCUT2D eigenvalue weighted by atomic mass is 35.5. The topological polar surface area (TPSA) is 65.9 Å². The number of anilines is 1. The molecule has 2 aliphatic rings. The van der Waals surface area contributed by atoms with Gasteiger partial charge in [-0.3, -0.25) is 9.69 Å². The van der Waals surface area contributed by atoms with Crippen LogP contribution in [0.1, 0.15) is 12.0 Å². The predicted octanol–water partition coefficient (Wildman–Crippen LogP) is 4.57. The van der Waals surface area contributed by atoms with E-state index in [9.17, 15) is 4.79 Å². The minimum absolute atomic E-state index is 0.0444. The number of benzene rings is 2. The van der Waals surface area contributed by atoms with E-state index in [-0.39, 0.29) is 6.42 Å². The number of likely N-dealkylation sites (tertiary alicyclic amines) is 1. The van der Waals surface area contributed by atoms with E-state index >= 15 is 0 Å². The van der Waals surface area contributed by atoms with Gasteiger partial charge in [0.15, 0.2) is 5.13 Å². The van der Waals surface area contributed by atoms with Crippen molar-refractivity contribution in [1.82, 2.24) is 9.88 Å². The fraction of sp³-hybridized carbons (Fsp3) is 0.364. The summed E-state index contributed by atoms with van der Waals surface area (Å²) >= 11 is 14.0. The second-order valence-electron chi connectivity index (χ2n) is 7.98. The summed E-state index contributed by atoms with van der Waals surface area (Å²) in [5, 5.41) is 11.3. The van der Waals surface area contributed by atoms with Gasteiger partial charge in [-0.25, -0.2) is 4.98 Å². The predicted molar refractivity (Wildman–Crippen MR) is 124 cm³/mol. The maximum absolute atomic E-state index is 10.9. The zero-order chi connectivity index (χ0) is 21.5. The van der Waals surface area contributed by atoms with Crippen LogP contribution in [0.25, 0.3) is 10.2 Å². The molecule has 3 heterocycles. The molecule has 2 bridgehead atoms. The zero-order valence-corrected chi connectivity index (χ0v) is 19.0. The van der Waals surface area contributed by atoms with Crippen LogP contribution in [0.5, 0.6) is 5.75 Å². The molecule has 2 aromatic carbocycles. The SMILES string of the molecule is O=C(O)Cc1ccc(Cl)c(OCCN2C[C@@H]3C[C@H]2CN3c2nc3ccc(Cl)cc3s2)c1. The molecule has 2 fully saturated rings. The molecular weight excluding hydrogens is 457 g/mol. The fourth-order valence-corrected chi connectivity index (χ4v) is 5.98. The lowest BCUT2D eigenvalue weighted by Gasteiger charge is -2.33. The van der Waals surface area contributed by atoms with Crippen LogP contribution in [0.4, 0.5) is 5.13 Å². The third-order valence-corrected chi connectivity index (χ3v) is 7.53. The van der Waals surface area contributed by atoms with Gasteiger partial charge < -0.3 is 14.7 Å². The molecule has 0 amide bonds. The van der Waals surface area contributed by atoms with Crippen molar-refractivity contribution in [3.8, 4) is 5.75 Å². The van der Waals surface area contributed by atoms with Gasteiger partial charge in [-0.1, -0.05) is 40.6 Å². The maximum atomic E-state index is 10.9. The summed E-state index contributed by atoms with van der Waals surface area (Å²) in [6.07, 6.45) is 1.09. The van der Waals surface area contributed by atoms with Crippen molar-refractivity contribution >= 4 is 55.9 Å². The molecule has 0 aliphatic carbocycles. The second kappa shape index (κ2) is 8.47. The van der Waals surface area contributed by atoms with E-state index in [2.05, 4.69) is 9.80 Å². The zero-order valence-electron chi connectivity index (χ0n) is 16.6. The van der Waals surface area contributed by atoms with Crippen LogP contribution < -0.4 is 9.64 Å². The Kier molecular flexibility index (Phi) is 5.69. The van der Waals surface area contributed by atoms with Crippen LogP contribution in [0.3, 0.4) is 0 Å². The minimum atomic E-state index is -0.873. The number of ether oxygens (including phenoxy) is 1. The average Bonchev–Trinajstić information content (AvgIpc) is 3.43. The minimum Gasteiger partial charge on any atom is -0.491 e. The van der Waals surface area contributed by atoms with Gasteiger partial charge >= 0.3 is 5.97 Å². The molecular formula is C22H21Cl2N3O3S. The molecule has 9 heteroatoms. The van der Waals surface area contributed by atoms with Crippen molar-refractivity contribution in [2.24, 2.45) is 0 Å². The molecule has 1 N–H and O–H groups in total. The van der Waals surface area contributed by atoms with E-state index in [1.54, 1.807) is 29.5 Å². The fourth-order valence-electron chi connectivity index (χ4n) is 4.48. The van der Waals surface area contributed by atoms with Crippen LogP contribution in [0.15, 0.2) is 36.4 Å². The standard InChI is InChI=1S/C22H21Cl2N3O3S/c23-14-2-4-18-20(9-14)31-22(25-18)27-12-15-10-16(27)11-26(15)5-6-30-19-7-13(8-21(28)29)1-3-17(19)24/h1-4,7,9,15-16H,5-6,8,10-12H2,(H,28,29)/t15-,16-/m0/s1. The molecule has 6 nitrogen and oxygen atoms in total. The van der Waals surface area contributed by atoms with Gasteiger partial charge in [-0.15, -0.1) is 0 Å². The Morgan fingerprint density at radius 1 is 1.19 bits per heavy atom. The summed E-state index contributed by atoms with van der Waals surface area (Å²) in [6.45, 7) is 3.27. The van der Waals surface area contributed by atoms with Crippen molar-refractivity contribution in [3.05, 3.63) is 52.0 Å². The van der Waals surface area contributed by atoms with Crippen molar-refractivity contribution in [3.63, 3.8) is 0 Å². The van der Waals surface area contributed by atoms with Crippen molar-refractivity contribution in [2.75, 3.05) is 31.1 Å². The first-order valence-electron chi connectivity index (χ1n) is 10.2. The van der Waals surface area contributed by atoms with E-state index in [1.165, 1.54) is 0 Å². The van der Waals surface area contributed by atoms with Gasteiger partial charge in [0.1, 0.15) is 12.4 Å². The molecule has 0 radical (unpaired) electrons. The van der Waals surface area contributed by atoms with Gasteiger partial charge in [0.2, 0.25) is 0 Å². The molecule has 31 heavy (non-hydrogen) atoms. The number of carboxylic acids is 1.